The summed E-state index contributed by atoms with van der Waals surface area (Å²) in [5.74, 6) is -2.25. The van der Waals surface area contributed by atoms with Gasteiger partial charge in [0.2, 0.25) is 11.5 Å². The smallest absolute Gasteiger partial charge is 0.254 e. The fourth-order valence-corrected chi connectivity index (χ4v) is 1.97. The van der Waals surface area contributed by atoms with Gasteiger partial charge in [0.05, 0.1) is 18.2 Å². The summed E-state index contributed by atoms with van der Waals surface area (Å²) in [5, 5.41) is 31.0. The summed E-state index contributed by atoms with van der Waals surface area (Å²) in [4.78, 5) is 25.5. The summed E-state index contributed by atoms with van der Waals surface area (Å²) in [5.41, 5.74) is 0.869. The molecule has 0 aliphatic carbocycles. The Kier molecular flexibility index (Phi) is 4.62. The number of nitriles is 1. The Balaban J connectivity index is 2.09. The number of likely N-dealkylation sites (N-methyl/N-ethyl adjacent to an activating group) is 1. The maximum atomic E-state index is 12.2. The normalized spacial score (nSPS) is 9.91. The van der Waals surface area contributed by atoms with Gasteiger partial charge >= 0.3 is 0 Å². The van der Waals surface area contributed by atoms with Crippen molar-refractivity contribution in [2.75, 3.05) is 13.6 Å². The van der Waals surface area contributed by atoms with Crippen molar-refractivity contribution < 1.29 is 19.8 Å². The van der Waals surface area contributed by atoms with E-state index in [2.05, 4.69) is 0 Å². The zero-order valence-corrected chi connectivity index (χ0v) is 12.3. The quantitative estimate of drug-likeness (QED) is 0.811. The lowest BCUT2D eigenvalue weighted by atomic mass is 10.1. The van der Waals surface area contributed by atoms with Gasteiger partial charge in [-0.25, -0.2) is 0 Å². The molecule has 2 rings (SSSR count). The number of benzene rings is 2. The fourth-order valence-electron chi connectivity index (χ4n) is 1.97. The largest absolute Gasteiger partial charge is 0.334 e. The molecule has 114 valence electrons. The summed E-state index contributed by atoms with van der Waals surface area (Å²) >= 11 is 0. The van der Waals surface area contributed by atoms with Crippen LogP contribution in [-0.2, 0) is 10.2 Å². The van der Waals surface area contributed by atoms with E-state index in [0.29, 0.717) is 11.1 Å². The Morgan fingerprint density at radius 1 is 1.00 bits per heavy atom. The van der Waals surface area contributed by atoms with Crippen LogP contribution in [0.2, 0.25) is 0 Å². The Hall–Kier alpha value is -3.33. The van der Waals surface area contributed by atoms with Gasteiger partial charge in [0, 0.05) is 24.2 Å². The SMILES string of the molecule is CN(CC(=O)c1ccc([O])c([O])c1)C(=O)c1ccc(C#N)cc1. The third kappa shape index (κ3) is 3.66. The summed E-state index contributed by atoms with van der Waals surface area (Å²) < 4.78 is 0. The van der Waals surface area contributed by atoms with Gasteiger partial charge in [-0.2, -0.15) is 5.26 Å². The molecule has 2 aromatic carbocycles. The second-order valence-corrected chi connectivity index (χ2v) is 4.94. The molecule has 6 nitrogen and oxygen atoms in total. The number of hydrogen-bond donors (Lipinski definition) is 0. The van der Waals surface area contributed by atoms with Crippen LogP contribution >= 0.6 is 0 Å². The minimum atomic E-state index is -0.753. The number of carbonyl (C=O) groups is 2. The monoisotopic (exact) mass is 308 g/mol. The van der Waals surface area contributed by atoms with E-state index in [1.54, 1.807) is 0 Å². The number of hydrogen-bond acceptors (Lipinski definition) is 3. The zero-order valence-electron chi connectivity index (χ0n) is 12.3. The standard InChI is InChI=1S/C17H12N2O4/c1-19(17(23)12-4-2-11(9-18)3-5-12)10-16(22)13-6-7-14(20)15(21)8-13/h2-8H,10H2,1H3. The predicted molar refractivity (Wildman–Crippen MR) is 79.2 cm³/mol. The lowest BCUT2D eigenvalue weighted by molar-refractivity contribution is 0.0747. The molecule has 0 N–H and O–H groups in total. The molecule has 0 bridgehead atoms. The van der Waals surface area contributed by atoms with Gasteiger partial charge in [-0.15, -0.1) is 0 Å². The Morgan fingerprint density at radius 3 is 2.17 bits per heavy atom. The molecular weight excluding hydrogens is 296 g/mol. The summed E-state index contributed by atoms with van der Waals surface area (Å²) in [6.07, 6.45) is 0. The van der Waals surface area contributed by atoms with Crippen molar-refractivity contribution in [1.82, 2.24) is 4.90 Å². The van der Waals surface area contributed by atoms with E-state index >= 15 is 0 Å². The average Bonchev–Trinajstić information content (AvgIpc) is 2.56. The highest BCUT2D eigenvalue weighted by Gasteiger charge is 2.17. The van der Waals surface area contributed by atoms with Crippen molar-refractivity contribution in [1.29, 1.82) is 5.26 Å². The molecule has 6 heteroatoms. The van der Waals surface area contributed by atoms with Crippen LogP contribution in [0.4, 0.5) is 0 Å². The maximum Gasteiger partial charge on any atom is 0.254 e. The van der Waals surface area contributed by atoms with Crippen molar-refractivity contribution in [2.45, 2.75) is 0 Å². The van der Waals surface area contributed by atoms with Gasteiger partial charge in [0.1, 0.15) is 0 Å². The molecular formula is C17H12N2O4. The van der Waals surface area contributed by atoms with Gasteiger partial charge in [0.25, 0.3) is 5.91 Å². The van der Waals surface area contributed by atoms with E-state index in [1.165, 1.54) is 42.3 Å². The zero-order chi connectivity index (χ0) is 17.0. The van der Waals surface area contributed by atoms with Crippen LogP contribution in [-0.4, -0.2) is 30.2 Å². The minimum Gasteiger partial charge on any atom is -0.334 e. The van der Waals surface area contributed by atoms with Crippen molar-refractivity contribution in [3.8, 4) is 17.6 Å². The van der Waals surface area contributed by atoms with Crippen LogP contribution in [0.5, 0.6) is 11.5 Å². The number of rotatable bonds is 4. The first-order valence-corrected chi connectivity index (χ1v) is 6.69. The number of nitrogens with zero attached hydrogens (tertiary/aromatic N) is 2. The van der Waals surface area contributed by atoms with Gasteiger partial charge in [-0.3, -0.25) is 19.8 Å². The molecule has 2 aromatic rings. The van der Waals surface area contributed by atoms with Crippen molar-refractivity contribution >= 4 is 11.7 Å². The first-order valence-electron chi connectivity index (χ1n) is 6.69. The minimum absolute atomic E-state index is 0.0917. The van der Waals surface area contributed by atoms with Gasteiger partial charge in [-0.1, -0.05) is 0 Å². The third-order valence-electron chi connectivity index (χ3n) is 3.25. The molecule has 0 fully saturated rings. The number of ketones is 1. The Bertz CT molecular complexity index is 791. The second-order valence-electron chi connectivity index (χ2n) is 4.94. The van der Waals surface area contributed by atoms with Gasteiger partial charge in [0.15, 0.2) is 5.78 Å². The van der Waals surface area contributed by atoms with Crippen molar-refractivity contribution in [2.24, 2.45) is 0 Å². The number of amides is 1. The number of Topliss-reactive ketones (excluding diaryl/α,β-unsaturated/α-hetero) is 1. The van der Waals surface area contributed by atoms with Crippen LogP contribution in [0.3, 0.4) is 0 Å². The summed E-state index contributed by atoms with van der Waals surface area (Å²) in [6, 6.07) is 11.3. The molecule has 23 heavy (non-hydrogen) atoms. The molecule has 0 spiro atoms. The molecule has 0 aliphatic heterocycles. The first kappa shape index (κ1) is 16.0. The molecule has 0 saturated heterocycles. The third-order valence-corrected chi connectivity index (χ3v) is 3.25. The van der Waals surface area contributed by atoms with Gasteiger partial charge < -0.3 is 4.90 Å². The van der Waals surface area contributed by atoms with E-state index in [-0.39, 0.29) is 18.0 Å². The van der Waals surface area contributed by atoms with E-state index in [4.69, 9.17) is 5.26 Å². The lowest BCUT2D eigenvalue weighted by Crippen LogP contribution is -2.32. The summed E-state index contributed by atoms with van der Waals surface area (Å²) in [7, 11) is 1.46. The Morgan fingerprint density at radius 2 is 1.61 bits per heavy atom. The highest BCUT2D eigenvalue weighted by molar-refractivity contribution is 6.02. The maximum absolute atomic E-state index is 12.2. The molecule has 0 atom stereocenters. The number of carbonyl (C=O) groups excluding carboxylic acids is 2. The lowest BCUT2D eigenvalue weighted by Gasteiger charge is -2.16. The molecule has 0 aromatic heterocycles. The average molecular weight is 308 g/mol. The molecule has 0 unspecified atom stereocenters. The molecule has 2 radical (unpaired) electrons. The molecule has 0 saturated carbocycles. The van der Waals surface area contributed by atoms with E-state index < -0.39 is 17.3 Å². The van der Waals surface area contributed by atoms with Crippen LogP contribution in [0.1, 0.15) is 26.3 Å². The van der Waals surface area contributed by atoms with Gasteiger partial charge in [-0.05, 0) is 36.4 Å². The van der Waals surface area contributed by atoms with Crippen LogP contribution in [0.15, 0.2) is 42.5 Å². The first-order chi connectivity index (χ1) is 10.9. The van der Waals surface area contributed by atoms with Crippen LogP contribution in [0, 0.1) is 11.3 Å². The van der Waals surface area contributed by atoms with E-state index in [0.717, 1.165) is 12.1 Å². The topological polar surface area (TPSA) is 101 Å². The second kappa shape index (κ2) is 6.62. The Labute approximate surface area is 132 Å². The van der Waals surface area contributed by atoms with E-state index in [1.807, 2.05) is 6.07 Å². The molecule has 0 aliphatic rings. The van der Waals surface area contributed by atoms with Crippen LogP contribution in [0.25, 0.3) is 0 Å². The van der Waals surface area contributed by atoms with Crippen molar-refractivity contribution in [3.63, 3.8) is 0 Å². The molecule has 0 heterocycles. The fraction of sp³-hybridized carbons (Fsp3) is 0.118. The predicted octanol–water partition coefficient (Wildman–Crippen LogP) is 2.80. The van der Waals surface area contributed by atoms with Crippen molar-refractivity contribution in [3.05, 3.63) is 59.2 Å². The molecule has 1 amide bonds. The van der Waals surface area contributed by atoms with Crippen LogP contribution < -0.4 is 0 Å². The summed E-state index contributed by atoms with van der Waals surface area (Å²) in [6.45, 7) is -0.226. The van der Waals surface area contributed by atoms with E-state index in [9.17, 15) is 19.8 Å². The highest BCUT2D eigenvalue weighted by atomic mass is 16.3. The highest BCUT2D eigenvalue weighted by Crippen LogP contribution is 2.26.